The lowest BCUT2D eigenvalue weighted by atomic mass is 9.78. The molecule has 1 aliphatic heterocycles. The lowest BCUT2D eigenvalue weighted by Crippen LogP contribution is -2.28. The topological polar surface area (TPSA) is 53.2 Å². The Labute approximate surface area is 102 Å². The van der Waals surface area contributed by atoms with Crippen LogP contribution < -0.4 is 0 Å². The maximum Gasteiger partial charge on any atom is 0.113 e. The van der Waals surface area contributed by atoms with Crippen LogP contribution in [0.15, 0.2) is 18.2 Å². The molecule has 0 amide bonds. The Bertz CT molecular complexity index is 456. The van der Waals surface area contributed by atoms with Crippen LogP contribution in [0, 0.1) is 30.6 Å². The molecule has 1 aromatic carbocycles. The zero-order valence-electron chi connectivity index (χ0n) is 10.2. The van der Waals surface area contributed by atoms with E-state index in [4.69, 9.17) is 4.74 Å². The largest absolute Gasteiger partial charge is 0.387 e. The maximum absolute atomic E-state index is 10.5. The molecule has 1 saturated heterocycles. The third-order valence-electron chi connectivity index (χ3n) is 3.53. The zero-order valence-corrected chi connectivity index (χ0v) is 10.2. The van der Waals surface area contributed by atoms with E-state index in [0.29, 0.717) is 19.6 Å². The van der Waals surface area contributed by atoms with Crippen LogP contribution in [0.25, 0.3) is 0 Å². The molecule has 0 aromatic heterocycles. The minimum absolute atomic E-state index is 0.318. The summed E-state index contributed by atoms with van der Waals surface area (Å²) < 4.78 is 5.28. The van der Waals surface area contributed by atoms with Crippen molar-refractivity contribution in [1.29, 1.82) is 5.26 Å². The first-order chi connectivity index (χ1) is 8.09. The highest BCUT2D eigenvalue weighted by Crippen LogP contribution is 2.41. The van der Waals surface area contributed by atoms with Crippen LogP contribution in [-0.4, -0.2) is 18.3 Å². The number of nitriles is 1. The van der Waals surface area contributed by atoms with E-state index in [0.717, 1.165) is 16.7 Å². The first kappa shape index (κ1) is 12.1. The number of aliphatic hydroxyl groups is 1. The van der Waals surface area contributed by atoms with Crippen LogP contribution in [0.3, 0.4) is 0 Å². The van der Waals surface area contributed by atoms with Crippen molar-refractivity contribution in [3.63, 3.8) is 0 Å². The summed E-state index contributed by atoms with van der Waals surface area (Å²) in [5, 5.41) is 19.8. The smallest absolute Gasteiger partial charge is 0.113 e. The van der Waals surface area contributed by atoms with E-state index in [2.05, 4.69) is 6.07 Å². The summed E-state index contributed by atoms with van der Waals surface area (Å²) in [6.45, 7) is 4.81. The Hall–Kier alpha value is -1.37. The van der Waals surface area contributed by atoms with E-state index in [-0.39, 0.29) is 0 Å². The highest BCUT2D eigenvalue weighted by atomic mass is 16.5. The van der Waals surface area contributed by atoms with Crippen LogP contribution in [0.1, 0.15) is 29.2 Å². The van der Waals surface area contributed by atoms with Gasteiger partial charge in [-0.05, 0) is 31.4 Å². The molecule has 2 rings (SSSR count). The molecule has 17 heavy (non-hydrogen) atoms. The molecule has 0 aliphatic carbocycles. The predicted molar refractivity (Wildman–Crippen MR) is 64.4 cm³/mol. The number of ether oxygens (including phenoxy) is 1. The molecule has 1 heterocycles. The van der Waals surface area contributed by atoms with Gasteiger partial charge in [-0.3, -0.25) is 0 Å². The van der Waals surface area contributed by atoms with Crippen molar-refractivity contribution in [2.75, 3.05) is 13.2 Å². The van der Waals surface area contributed by atoms with Gasteiger partial charge in [-0.1, -0.05) is 23.8 Å². The number of nitrogens with zero attached hydrogens (tertiary/aromatic N) is 1. The van der Waals surface area contributed by atoms with Crippen molar-refractivity contribution in [3.8, 4) is 6.07 Å². The maximum atomic E-state index is 10.5. The Balaban J connectivity index is 2.39. The predicted octanol–water partition coefficient (Wildman–Crippen LogP) is 2.27. The molecule has 0 bridgehead atoms. The van der Waals surface area contributed by atoms with Gasteiger partial charge in [0.2, 0.25) is 0 Å². The highest BCUT2D eigenvalue weighted by Gasteiger charge is 2.43. The van der Waals surface area contributed by atoms with Gasteiger partial charge >= 0.3 is 0 Å². The van der Waals surface area contributed by atoms with Crippen molar-refractivity contribution >= 4 is 0 Å². The fourth-order valence-electron chi connectivity index (χ4n) is 2.30. The average molecular weight is 231 g/mol. The summed E-state index contributed by atoms with van der Waals surface area (Å²) in [6.07, 6.45) is -0.173. The molecule has 1 fully saturated rings. The molecule has 90 valence electrons. The van der Waals surface area contributed by atoms with E-state index in [1.54, 1.807) is 0 Å². The SMILES string of the molecule is Cc1ccc(C)c(C(O)C2(C#N)CCOC2)c1. The zero-order chi connectivity index (χ0) is 12.5. The monoisotopic (exact) mass is 231 g/mol. The van der Waals surface area contributed by atoms with Crippen molar-refractivity contribution < 1.29 is 9.84 Å². The summed E-state index contributed by atoms with van der Waals surface area (Å²) >= 11 is 0. The van der Waals surface area contributed by atoms with Gasteiger partial charge in [0.05, 0.1) is 12.7 Å². The van der Waals surface area contributed by atoms with E-state index in [1.165, 1.54) is 0 Å². The van der Waals surface area contributed by atoms with Gasteiger partial charge in [-0.25, -0.2) is 0 Å². The van der Waals surface area contributed by atoms with Crippen molar-refractivity contribution in [2.45, 2.75) is 26.4 Å². The second-order valence-corrected chi connectivity index (χ2v) is 4.83. The molecule has 2 atom stereocenters. The normalized spacial score (nSPS) is 25.5. The average Bonchev–Trinajstić information content (AvgIpc) is 2.81. The van der Waals surface area contributed by atoms with Crippen LogP contribution in [-0.2, 0) is 4.74 Å². The van der Waals surface area contributed by atoms with Crippen molar-refractivity contribution in [3.05, 3.63) is 34.9 Å². The Kier molecular flexibility index (Phi) is 3.19. The van der Waals surface area contributed by atoms with Gasteiger partial charge in [0.15, 0.2) is 0 Å². The molecule has 0 spiro atoms. The number of benzene rings is 1. The standard InChI is InChI=1S/C14H17NO2/c1-10-3-4-11(2)12(7-10)13(16)14(8-15)5-6-17-9-14/h3-4,7,13,16H,5-6,9H2,1-2H3. The Morgan fingerprint density at radius 1 is 1.47 bits per heavy atom. The molecular formula is C14H17NO2. The molecule has 3 heteroatoms. The molecule has 1 aromatic rings. The van der Waals surface area contributed by atoms with E-state index < -0.39 is 11.5 Å². The van der Waals surface area contributed by atoms with E-state index >= 15 is 0 Å². The van der Waals surface area contributed by atoms with E-state index in [9.17, 15) is 10.4 Å². The summed E-state index contributed by atoms with van der Waals surface area (Å²) in [6, 6.07) is 8.19. The van der Waals surface area contributed by atoms with Crippen LogP contribution >= 0.6 is 0 Å². The second-order valence-electron chi connectivity index (χ2n) is 4.83. The first-order valence-electron chi connectivity index (χ1n) is 5.83. The number of aryl methyl sites for hydroxylation is 2. The molecular weight excluding hydrogens is 214 g/mol. The fourth-order valence-corrected chi connectivity index (χ4v) is 2.30. The van der Waals surface area contributed by atoms with Gasteiger partial charge in [0.25, 0.3) is 0 Å². The van der Waals surface area contributed by atoms with Gasteiger partial charge < -0.3 is 9.84 Å². The van der Waals surface area contributed by atoms with Crippen molar-refractivity contribution in [2.24, 2.45) is 5.41 Å². The fraction of sp³-hybridized carbons (Fsp3) is 0.500. The molecule has 3 nitrogen and oxygen atoms in total. The lowest BCUT2D eigenvalue weighted by Gasteiger charge is -2.27. The van der Waals surface area contributed by atoms with E-state index in [1.807, 2.05) is 32.0 Å². The van der Waals surface area contributed by atoms with Crippen molar-refractivity contribution in [1.82, 2.24) is 0 Å². The summed E-state index contributed by atoms with van der Waals surface area (Å²) in [5.41, 5.74) is 2.18. The molecule has 1 aliphatic rings. The minimum atomic E-state index is -0.779. The van der Waals surface area contributed by atoms with Gasteiger partial charge in [0, 0.05) is 6.61 Å². The second kappa shape index (κ2) is 4.48. The highest BCUT2D eigenvalue weighted by molar-refractivity contribution is 5.34. The molecule has 0 radical (unpaired) electrons. The minimum Gasteiger partial charge on any atom is -0.387 e. The molecule has 1 N–H and O–H groups in total. The Morgan fingerprint density at radius 2 is 2.24 bits per heavy atom. The van der Waals surface area contributed by atoms with Crippen LogP contribution in [0.4, 0.5) is 0 Å². The number of aliphatic hydroxyl groups excluding tert-OH is 1. The van der Waals surface area contributed by atoms with Gasteiger partial charge in [-0.2, -0.15) is 5.26 Å². The quantitative estimate of drug-likeness (QED) is 0.849. The lowest BCUT2D eigenvalue weighted by molar-refractivity contribution is 0.0499. The van der Waals surface area contributed by atoms with Crippen LogP contribution in [0.5, 0.6) is 0 Å². The van der Waals surface area contributed by atoms with Crippen LogP contribution in [0.2, 0.25) is 0 Å². The summed E-state index contributed by atoms with van der Waals surface area (Å²) in [4.78, 5) is 0. The molecule has 0 saturated carbocycles. The third-order valence-corrected chi connectivity index (χ3v) is 3.53. The number of rotatable bonds is 2. The number of hydrogen-bond donors (Lipinski definition) is 1. The first-order valence-corrected chi connectivity index (χ1v) is 5.83. The summed E-state index contributed by atoms with van der Waals surface area (Å²) in [5.74, 6) is 0. The Morgan fingerprint density at radius 3 is 2.82 bits per heavy atom. The third kappa shape index (κ3) is 2.06. The number of hydrogen-bond acceptors (Lipinski definition) is 3. The molecule has 2 unspecified atom stereocenters. The van der Waals surface area contributed by atoms with Gasteiger partial charge in [-0.15, -0.1) is 0 Å². The van der Waals surface area contributed by atoms with Gasteiger partial charge in [0.1, 0.15) is 11.5 Å². The summed E-state index contributed by atoms with van der Waals surface area (Å²) in [7, 11) is 0.